The van der Waals surface area contributed by atoms with Crippen LogP contribution in [0.5, 0.6) is 0 Å². The lowest BCUT2D eigenvalue weighted by atomic mass is 9.95. The van der Waals surface area contributed by atoms with Crippen LogP contribution in [0.4, 0.5) is 0 Å². The van der Waals surface area contributed by atoms with Gasteiger partial charge in [-0.2, -0.15) is 0 Å². The summed E-state index contributed by atoms with van der Waals surface area (Å²) in [6.07, 6.45) is 4.72. The lowest BCUT2D eigenvalue weighted by molar-refractivity contribution is 0.667. The van der Waals surface area contributed by atoms with Gasteiger partial charge in [-0.3, -0.25) is 4.57 Å². The highest BCUT2D eigenvalue weighted by molar-refractivity contribution is 6.14. The molecule has 0 unspecified atom stereocenters. The van der Waals surface area contributed by atoms with Gasteiger partial charge in [-0.05, 0) is 84.8 Å². The predicted octanol–water partition coefficient (Wildman–Crippen LogP) is 10.3. The first-order valence-electron chi connectivity index (χ1n) is 15.6. The Kier molecular flexibility index (Phi) is 5.77. The Labute approximate surface area is 256 Å². The fourth-order valence-electron chi connectivity index (χ4n) is 7.31. The summed E-state index contributed by atoms with van der Waals surface area (Å²) in [7, 11) is 0. The molecule has 0 radical (unpaired) electrons. The van der Waals surface area contributed by atoms with Gasteiger partial charge in [-0.1, -0.05) is 97.1 Å². The van der Waals surface area contributed by atoms with Gasteiger partial charge < -0.3 is 4.57 Å². The van der Waals surface area contributed by atoms with Crippen LogP contribution in [-0.4, -0.2) is 14.1 Å². The Morgan fingerprint density at radius 2 is 1.09 bits per heavy atom. The SMILES string of the molecule is c1ccc(-c2cc(-c3ccccc3)nc(-n3c4ccccc4c4cc5c(cc43)c3c(n5-c4ccccc4)CCCC3)c2)cc1. The number of fused-ring (bicyclic) bond motifs is 6. The van der Waals surface area contributed by atoms with Crippen molar-refractivity contribution in [1.29, 1.82) is 0 Å². The molecule has 0 aliphatic heterocycles. The molecule has 44 heavy (non-hydrogen) atoms. The summed E-state index contributed by atoms with van der Waals surface area (Å²) >= 11 is 0. The molecule has 0 saturated heterocycles. The van der Waals surface area contributed by atoms with Gasteiger partial charge in [-0.25, -0.2) is 4.98 Å². The number of para-hydroxylation sites is 2. The minimum Gasteiger partial charge on any atom is -0.313 e. The smallest absolute Gasteiger partial charge is 0.138 e. The Morgan fingerprint density at radius 3 is 1.89 bits per heavy atom. The van der Waals surface area contributed by atoms with Crippen molar-refractivity contribution >= 4 is 32.7 Å². The Morgan fingerprint density at radius 1 is 0.455 bits per heavy atom. The number of pyridine rings is 1. The van der Waals surface area contributed by atoms with E-state index in [2.05, 4.69) is 149 Å². The summed E-state index contributed by atoms with van der Waals surface area (Å²) in [5.41, 5.74) is 12.3. The monoisotopic (exact) mass is 565 g/mol. The molecular formula is C41H31N3. The van der Waals surface area contributed by atoms with Crippen molar-refractivity contribution in [1.82, 2.24) is 14.1 Å². The van der Waals surface area contributed by atoms with Gasteiger partial charge >= 0.3 is 0 Å². The van der Waals surface area contributed by atoms with Crippen LogP contribution in [0.25, 0.3) is 66.6 Å². The molecule has 3 heteroatoms. The van der Waals surface area contributed by atoms with Crippen molar-refractivity contribution in [2.45, 2.75) is 25.7 Å². The van der Waals surface area contributed by atoms with E-state index in [4.69, 9.17) is 4.98 Å². The molecule has 0 amide bonds. The standard InChI is InChI=1S/C41H31N3/c1-4-14-28(15-5-1)30-24-36(29-16-6-2-7-17-29)42-41(25-30)44-38-23-13-11-21-33(38)35-26-39-34(27-40(35)44)32-20-10-12-22-37(32)43(39)31-18-8-3-9-19-31/h1-9,11,13-19,21,23-27H,10,12,20,22H2. The van der Waals surface area contributed by atoms with Crippen molar-refractivity contribution < 1.29 is 0 Å². The van der Waals surface area contributed by atoms with Crippen LogP contribution in [0, 0.1) is 0 Å². The highest BCUT2D eigenvalue weighted by atomic mass is 15.1. The molecule has 210 valence electrons. The summed E-state index contributed by atoms with van der Waals surface area (Å²) in [6.45, 7) is 0. The first kappa shape index (κ1) is 25.1. The summed E-state index contributed by atoms with van der Waals surface area (Å²) < 4.78 is 4.91. The largest absolute Gasteiger partial charge is 0.313 e. The van der Waals surface area contributed by atoms with E-state index in [1.165, 1.54) is 68.1 Å². The van der Waals surface area contributed by atoms with E-state index in [0.29, 0.717) is 0 Å². The van der Waals surface area contributed by atoms with Gasteiger partial charge in [-0.15, -0.1) is 0 Å². The molecule has 8 aromatic rings. The fourth-order valence-corrected chi connectivity index (χ4v) is 7.31. The topological polar surface area (TPSA) is 22.8 Å². The van der Waals surface area contributed by atoms with Crippen LogP contribution in [0.15, 0.2) is 140 Å². The first-order valence-corrected chi connectivity index (χ1v) is 15.6. The van der Waals surface area contributed by atoms with Crippen molar-refractivity contribution in [3.05, 3.63) is 151 Å². The Hall–Kier alpha value is -5.41. The van der Waals surface area contributed by atoms with E-state index >= 15 is 0 Å². The van der Waals surface area contributed by atoms with Crippen LogP contribution in [0.3, 0.4) is 0 Å². The molecule has 0 saturated carbocycles. The van der Waals surface area contributed by atoms with E-state index < -0.39 is 0 Å². The van der Waals surface area contributed by atoms with Gasteiger partial charge in [0.2, 0.25) is 0 Å². The molecule has 1 aliphatic carbocycles. The third-order valence-corrected chi connectivity index (χ3v) is 9.30. The van der Waals surface area contributed by atoms with Crippen LogP contribution in [0.2, 0.25) is 0 Å². The lowest BCUT2D eigenvalue weighted by Crippen LogP contribution is -2.06. The minimum atomic E-state index is 0.937. The van der Waals surface area contributed by atoms with Crippen molar-refractivity contribution in [2.75, 3.05) is 0 Å². The molecule has 3 heterocycles. The van der Waals surface area contributed by atoms with E-state index in [-0.39, 0.29) is 0 Å². The highest BCUT2D eigenvalue weighted by Gasteiger charge is 2.24. The molecule has 0 bridgehead atoms. The molecule has 1 aliphatic rings. The molecule has 3 nitrogen and oxygen atoms in total. The Bertz CT molecular complexity index is 2250. The maximum absolute atomic E-state index is 5.35. The number of hydrogen-bond acceptors (Lipinski definition) is 1. The highest BCUT2D eigenvalue weighted by Crippen LogP contribution is 2.41. The summed E-state index contributed by atoms with van der Waals surface area (Å²) in [5, 5.41) is 3.87. The van der Waals surface area contributed by atoms with E-state index in [1.54, 1.807) is 0 Å². The van der Waals surface area contributed by atoms with Gasteiger partial charge in [0.15, 0.2) is 0 Å². The summed E-state index contributed by atoms with van der Waals surface area (Å²) in [4.78, 5) is 5.35. The molecule has 3 aromatic heterocycles. The lowest BCUT2D eigenvalue weighted by Gasteiger charge is -2.16. The molecule has 0 atom stereocenters. The Balaban J connectivity index is 1.38. The van der Waals surface area contributed by atoms with Crippen molar-refractivity contribution in [2.24, 2.45) is 0 Å². The zero-order valence-electron chi connectivity index (χ0n) is 24.4. The normalized spacial score (nSPS) is 13.1. The fraction of sp³-hybridized carbons (Fsp3) is 0.0976. The minimum absolute atomic E-state index is 0.937. The predicted molar refractivity (Wildman–Crippen MR) is 183 cm³/mol. The molecule has 9 rings (SSSR count). The van der Waals surface area contributed by atoms with Crippen LogP contribution < -0.4 is 0 Å². The zero-order chi connectivity index (χ0) is 29.0. The first-order chi connectivity index (χ1) is 21.8. The van der Waals surface area contributed by atoms with Crippen LogP contribution in [-0.2, 0) is 12.8 Å². The number of aromatic nitrogens is 3. The summed E-state index contributed by atoms with van der Waals surface area (Å²) in [6, 6.07) is 50.2. The average Bonchev–Trinajstić information content (AvgIpc) is 3.60. The maximum atomic E-state index is 5.35. The van der Waals surface area contributed by atoms with Gasteiger partial charge in [0.1, 0.15) is 5.82 Å². The maximum Gasteiger partial charge on any atom is 0.138 e. The number of benzene rings is 5. The molecule has 0 fully saturated rings. The number of rotatable bonds is 4. The average molecular weight is 566 g/mol. The quantitative estimate of drug-likeness (QED) is 0.208. The number of hydrogen-bond donors (Lipinski definition) is 0. The van der Waals surface area contributed by atoms with Crippen LogP contribution in [0.1, 0.15) is 24.1 Å². The number of nitrogens with zero attached hydrogens (tertiary/aromatic N) is 3. The van der Waals surface area contributed by atoms with E-state index in [9.17, 15) is 0 Å². The zero-order valence-corrected chi connectivity index (χ0v) is 24.4. The van der Waals surface area contributed by atoms with E-state index in [0.717, 1.165) is 35.5 Å². The third kappa shape index (κ3) is 3.93. The second-order valence-corrected chi connectivity index (χ2v) is 11.9. The number of aryl methyl sites for hydroxylation is 1. The second-order valence-electron chi connectivity index (χ2n) is 11.9. The second kappa shape index (κ2) is 10.1. The molecular weight excluding hydrogens is 534 g/mol. The molecule has 5 aromatic carbocycles. The van der Waals surface area contributed by atoms with Gasteiger partial charge in [0, 0.05) is 33.1 Å². The van der Waals surface area contributed by atoms with Gasteiger partial charge in [0.25, 0.3) is 0 Å². The molecule has 0 N–H and O–H groups in total. The van der Waals surface area contributed by atoms with Crippen molar-refractivity contribution in [3.8, 4) is 33.9 Å². The van der Waals surface area contributed by atoms with Gasteiger partial charge in [0.05, 0.1) is 22.2 Å². The summed E-state index contributed by atoms with van der Waals surface area (Å²) in [5.74, 6) is 0.937. The van der Waals surface area contributed by atoms with Crippen molar-refractivity contribution in [3.63, 3.8) is 0 Å². The molecule has 0 spiro atoms. The van der Waals surface area contributed by atoms with Crippen LogP contribution >= 0.6 is 0 Å². The van der Waals surface area contributed by atoms with E-state index in [1.807, 2.05) is 0 Å². The third-order valence-electron chi connectivity index (χ3n) is 9.30.